The quantitative estimate of drug-likeness (QED) is 0.850. The van der Waals surface area contributed by atoms with Crippen LogP contribution in [0.4, 0.5) is 11.5 Å². The SMILES string of the molecule is CC(=O)N1CCC(N)(C(=O)Nc2ccc(N3CCCC3)nc2)C1. The fraction of sp³-hybridized carbons (Fsp3) is 0.562. The number of likely N-dealkylation sites (tertiary alicyclic amines) is 1. The zero-order valence-electron chi connectivity index (χ0n) is 13.4. The molecule has 7 nitrogen and oxygen atoms in total. The Hall–Kier alpha value is -2.15. The number of amides is 2. The maximum Gasteiger partial charge on any atom is 0.246 e. The number of nitrogens with zero attached hydrogens (tertiary/aromatic N) is 3. The van der Waals surface area contributed by atoms with E-state index in [1.54, 1.807) is 11.1 Å². The van der Waals surface area contributed by atoms with Gasteiger partial charge in [-0.3, -0.25) is 9.59 Å². The van der Waals surface area contributed by atoms with Crippen molar-refractivity contribution < 1.29 is 9.59 Å². The molecule has 3 N–H and O–H groups in total. The summed E-state index contributed by atoms with van der Waals surface area (Å²) in [6.45, 7) is 4.33. The molecule has 124 valence electrons. The molecular formula is C16H23N5O2. The van der Waals surface area contributed by atoms with Crippen LogP contribution in [0.1, 0.15) is 26.2 Å². The van der Waals surface area contributed by atoms with Crippen molar-refractivity contribution in [3.8, 4) is 0 Å². The molecule has 7 heteroatoms. The van der Waals surface area contributed by atoms with Gasteiger partial charge in [-0.1, -0.05) is 0 Å². The topological polar surface area (TPSA) is 91.6 Å². The molecule has 2 amide bonds. The van der Waals surface area contributed by atoms with Crippen LogP contribution in [0.2, 0.25) is 0 Å². The smallest absolute Gasteiger partial charge is 0.246 e. The van der Waals surface area contributed by atoms with Crippen LogP contribution in [0.3, 0.4) is 0 Å². The molecule has 0 bridgehead atoms. The van der Waals surface area contributed by atoms with E-state index < -0.39 is 5.54 Å². The lowest BCUT2D eigenvalue weighted by Gasteiger charge is -2.23. The number of nitrogens with two attached hydrogens (primary N) is 1. The van der Waals surface area contributed by atoms with Crippen LogP contribution in [-0.2, 0) is 9.59 Å². The van der Waals surface area contributed by atoms with Gasteiger partial charge in [-0.15, -0.1) is 0 Å². The molecule has 0 radical (unpaired) electrons. The molecule has 1 atom stereocenters. The van der Waals surface area contributed by atoms with Gasteiger partial charge >= 0.3 is 0 Å². The van der Waals surface area contributed by atoms with Crippen LogP contribution in [0.15, 0.2) is 18.3 Å². The van der Waals surface area contributed by atoms with Crippen LogP contribution in [-0.4, -0.2) is 53.4 Å². The number of aromatic nitrogens is 1. The third-order valence-corrected chi connectivity index (χ3v) is 4.63. The maximum atomic E-state index is 12.4. The van der Waals surface area contributed by atoms with Crippen molar-refractivity contribution in [2.75, 3.05) is 36.4 Å². The number of nitrogens with one attached hydrogen (secondary N) is 1. The van der Waals surface area contributed by atoms with Gasteiger partial charge in [0.25, 0.3) is 0 Å². The highest BCUT2D eigenvalue weighted by atomic mass is 16.2. The number of carbonyl (C=O) groups is 2. The summed E-state index contributed by atoms with van der Waals surface area (Å²) < 4.78 is 0. The van der Waals surface area contributed by atoms with Crippen molar-refractivity contribution in [1.29, 1.82) is 0 Å². The van der Waals surface area contributed by atoms with Crippen molar-refractivity contribution in [2.45, 2.75) is 31.7 Å². The molecule has 3 rings (SSSR count). The molecule has 1 aromatic heterocycles. The Morgan fingerprint density at radius 1 is 1.26 bits per heavy atom. The molecule has 0 aromatic carbocycles. The summed E-state index contributed by atoms with van der Waals surface area (Å²) in [4.78, 5) is 32.1. The summed E-state index contributed by atoms with van der Waals surface area (Å²) in [7, 11) is 0. The minimum atomic E-state index is -1.03. The summed E-state index contributed by atoms with van der Waals surface area (Å²) in [6.07, 6.45) is 4.52. The molecule has 0 aliphatic carbocycles. The lowest BCUT2D eigenvalue weighted by molar-refractivity contribution is -0.128. The van der Waals surface area contributed by atoms with Gasteiger partial charge in [0.1, 0.15) is 11.4 Å². The summed E-state index contributed by atoms with van der Waals surface area (Å²) in [6, 6.07) is 3.76. The number of carbonyl (C=O) groups excluding carboxylic acids is 2. The monoisotopic (exact) mass is 317 g/mol. The fourth-order valence-electron chi connectivity index (χ4n) is 3.14. The van der Waals surface area contributed by atoms with E-state index in [0.29, 0.717) is 18.7 Å². The van der Waals surface area contributed by atoms with Gasteiger partial charge in [0.05, 0.1) is 11.9 Å². The predicted octanol–water partition coefficient (Wildman–Crippen LogP) is 0.570. The van der Waals surface area contributed by atoms with Gasteiger partial charge in [0, 0.05) is 33.1 Å². The Morgan fingerprint density at radius 2 is 2.00 bits per heavy atom. The van der Waals surface area contributed by atoms with Gasteiger partial charge < -0.3 is 20.9 Å². The second-order valence-corrected chi connectivity index (χ2v) is 6.40. The van der Waals surface area contributed by atoms with Crippen LogP contribution >= 0.6 is 0 Å². The fourth-order valence-corrected chi connectivity index (χ4v) is 3.14. The molecule has 0 saturated carbocycles. The van der Waals surface area contributed by atoms with Gasteiger partial charge in [-0.05, 0) is 31.4 Å². The van der Waals surface area contributed by atoms with E-state index in [0.717, 1.165) is 18.9 Å². The molecule has 2 aliphatic heterocycles. The highest BCUT2D eigenvalue weighted by Gasteiger charge is 2.42. The van der Waals surface area contributed by atoms with Crippen LogP contribution in [0.25, 0.3) is 0 Å². The Bertz CT molecular complexity index is 597. The van der Waals surface area contributed by atoms with Gasteiger partial charge in [0.15, 0.2) is 0 Å². The first-order valence-corrected chi connectivity index (χ1v) is 8.05. The summed E-state index contributed by atoms with van der Waals surface area (Å²) in [5, 5.41) is 2.82. The molecule has 1 aromatic rings. The van der Waals surface area contributed by atoms with E-state index in [2.05, 4.69) is 15.2 Å². The van der Waals surface area contributed by atoms with Gasteiger partial charge in [0.2, 0.25) is 11.8 Å². The van der Waals surface area contributed by atoms with E-state index in [4.69, 9.17) is 5.73 Å². The number of rotatable bonds is 3. The number of pyridine rings is 1. The standard InChI is InChI=1S/C16H23N5O2/c1-12(22)21-9-6-16(17,11-21)15(23)19-13-4-5-14(18-10-13)20-7-2-3-8-20/h4-5,10H,2-3,6-9,11,17H2,1H3,(H,19,23). The first-order valence-electron chi connectivity index (χ1n) is 8.05. The van der Waals surface area contributed by atoms with Crippen molar-refractivity contribution in [1.82, 2.24) is 9.88 Å². The summed E-state index contributed by atoms with van der Waals surface area (Å²) >= 11 is 0. The molecule has 2 aliphatic rings. The molecule has 23 heavy (non-hydrogen) atoms. The molecule has 1 unspecified atom stereocenters. The summed E-state index contributed by atoms with van der Waals surface area (Å²) in [5.41, 5.74) is 5.77. The molecule has 3 heterocycles. The van der Waals surface area contributed by atoms with E-state index in [9.17, 15) is 9.59 Å². The highest BCUT2D eigenvalue weighted by molar-refractivity contribution is 5.99. The Kier molecular flexibility index (Phi) is 4.21. The maximum absolute atomic E-state index is 12.4. The number of hydrogen-bond acceptors (Lipinski definition) is 5. The molecule has 0 spiro atoms. The highest BCUT2D eigenvalue weighted by Crippen LogP contribution is 2.22. The van der Waals surface area contributed by atoms with Crippen molar-refractivity contribution >= 4 is 23.3 Å². The minimum Gasteiger partial charge on any atom is -0.357 e. The largest absolute Gasteiger partial charge is 0.357 e. The second-order valence-electron chi connectivity index (χ2n) is 6.40. The van der Waals surface area contributed by atoms with E-state index >= 15 is 0 Å². The van der Waals surface area contributed by atoms with E-state index in [-0.39, 0.29) is 18.4 Å². The Labute approximate surface area is 135 Å². The molecular weight excluding hydrogens is 294 g/mol. The number of hydrogen-bond donors (Lipinski definition) is 2. The van der Waals surface area contributed by atoms with Gasteiger partial charge in [-0.2, -0.15) is 0 Å². The average molecular weight is 317 g/mol. The Morgan fingerprint density at radius 3 is 2.57 bits per heavy atom. The van der Waals surface area contributed by atoms with E-state index in [1.165, 1.54) is 19.8 Å². The van der Waals surface area contributed by atoms with Crippen LogP contribution in [0.5, 0.6) is 0 Å². The van der Waals surface area contributed by atoms with Crippen LogP contribution in [0, 0.1) is 0 Å². The second kappa shape index (κ2) is 6.16. The first-order chi connectivity index (χ1) is 11.0. The van der Waals surface area contributed by atoms with Crippen molar-refractivity contribution in [2.24, 2.45) is 5.73 Å². The predicted molar refractivity (Wildman–Crippen MR) is 88.1 cm³/mol. The molecule has 2 saturated heterocycles. The van der Waals surface area contributed by atoms with Gasteiger partial charge in [-0.25, -0.2) is 4.98 Å². The lowest BCUT2D eigenvalue weighted by atomic mass is 9.99. The van der Waals surface area contributed by atoms with Crippen LogP contribution < -0.4 is 16.0 Å². The third kappa shape index (κ3) is 3.29. The lowest BCUT2D eigenvalue weighted by Crippen LogP contribution is -2.53. The third-order valence-electron chi connectivity index (χ3n) is 4.63. The first kappa shape index (κ1) is 15.7. The van der Waals surface area contributed by atoms with Crippen molar-refractivity contribution in [3.05, 3.63) is 18.3 Å². The zero-order chi connectivity index (χ0) is 16.4. The number of anilines is 2. The zero-order valence-corrected chi connectivity index (χ0v) is 13.4. The van der Waals surface area contributed by atoms with Crippen molar-refractivity contribution in [3.63, 3.8) is 0 Å². The minimum absolute atomic E-state index is 0.0539. The van der Waals surface area contributed by atoms with E-state index in [1.807, 2.05) is 12.1 Å². The molecule has 2 fully saturated rings. The summed E-state index contributed by atoms with van der Waals surface area (Å²) in [5.74, 6) is 0.616. The average Bonchev–Trinajstić information content (AvgIpc) is 3.18. The normalized spacial score (nSPS) is 24.1. The Balaban J connectivity index is 1.62.